The molecule has 4 aromatic rings. The van der Waals surface area contributed by atoms with Crippen LogP contribution in [0, 0.1) is 6.92 Å². The van der Waals surface area contributed by atoms with Gasteiger partial charge in [0, 0.05) is 38.6 Å². The molecule has 0 unspecified atom stereocenters. The predicted octanol–water partition coefficient (Wildman–Crippen LogP) is 5.73. The van der Waals surface area contributed by atoms with Crippen LogP contribution in [-0.2, 0) is 0 Å². The van der Waals surface area contributed by atoms with Gasteiger partial charge in [-0.25, -0.2) is 9.78 Å². The highest BCUT2D eigenvalue weighted by molar-refractivity contribution is 9.10. The molecule has 0 bridgehead atoms. The lowest BCUT2D eigenvalue weighted by Crippen LogP contribution is -1.98. The Hall–Kier alpha value is -2.44. The summed E-state index contributed by atoms with van der Waals surface area (Å²) in [5.41, 5.74) is 3.95. The lowest BCUT2D eigenvalue weighted by molar-refractivity contribution is 0.560. The van der Waals surface area contributed by atoms with Crippen LogP contribution in [0.15, 0.2) is 67.6 Å². The molecule has 0 aliphatic carbocycles. The Labute approximate surface area is 156 Å². The van der Waals surface area contributed by atoms with Crippen LogP contribution < -0.4 is 10.9 Å². The zero-order valence-corrected chi connectivity index (χ0v) is 15.6. The van der Waals surface area contributed by atoms with Gasteiger partial charge in [0.1, 0.15) is 5.58 Å². The minimum absolute atomic E-state index is 0.339. The molecular weight excluding hydrogens is 400 g/mol. The van der Waals surface area contributed by atoms with Crippen LogP contribution in [0.2, 0.25) is 0 Å². The summed E-state index contributed by atoms with van der Waals surface area (Å²) in [6.07, 6.45) is 0. The molecule has 0 spiro atoms. The maximum absolute atomic E-state index is 11.6. The van der Waals surface area contributed by atoms with Gasteiger partial charge < -0.3 is 9.73 Å². The summed E-state index contributed by atoms with van der Waals surface area (Å²) in [5, 5.41) is 7.00. The summed E-state index contributed by atoms with van der Waals surface area (Å²) in [6.45, 7) is 1.90. The summed E-state index contributed by atoms with van der Waals surface area (Å²) < 4.78 is 6.33. The highest BCUT2D eigenvalue weighted by Crippen LogP contribution is 2.29. The van der Waals surface area contributed by atoms with Crippen LogP contribution in [0.1, 0.15) is 5.56 Å². The fourth-order valence-corrected chi connectivity index (χ4v) is 3.61. The van der Waals surface area contributed by atoms with Gasteiger partial charge in [-0.1, -0.05) is 28.1 Å². The lowest BCUT2D eigenvalue weighted by atomic mass is 10.1. The first-order valence-corrected chi connectivity index (χ1v) is 9.29. The van der Waals surface area contributed by atoms with E-state index < -0.39 is 0 Å². The smallest absolute Gasteiger partial charge is 0.336 e. The number of rotatable bonds is 3. The van der Waals surface area contributed by atoms with E-state index in [1.54, 1.807) is 0 Å². The molecule has 0 aliphatic rings. The highest BCUT2D eigenvalue weighted by atomic mass is 79.9. The van der Waals surface area contributed by atoms with E-state index in [0.717, 1.165) is 37.5 Å². The first-order chi connectivity index (χ1) is 12.1. The van der Waals surface area contributed by atoms with Crippen LogP contribution >= 0.6 is 27.3 Å². The molecule has 0 saturated carbocycles. The Bertz CT molecular complexity index is 1120. The maximum atomic E-state index is 11.6. The molecule has 25 heavy (non-hydrogen) atoms. The second-order valence-electron chi connectivity index (χ2n) is 5.63. The fourth-order valence-electron chi connectivity index (χ4n) is 2.61. The number of thiazole rings is 1. The van der Waals surface area contributed by atoms with E-state index >= 15 is 0 Å². The first kappa shape index (κ1) is 16.1. The summed E-state index contributed by atoms with van der Waals surface area (Å²) in [4.78, 5) is 16.2. The lowest BCUT2D eigenvalue weighted by Gasteiger charge is -2.05. The van der Waals surface area contributed by atoms with Gasteiger partial charge in [0.15, 0.2) is 5.13 Å². The molecule has 0 fully saturated rings. The van der Waals surface area contributed by atoms with Gasteiger partial charge >= 0.3 is 5.63 Å². The standard InChI is InChI=1S/C19H13BrN2O2S/c1-11-8-18(23)24-17-9-14(6-7-15(11)17)21-19-22-16(10-25-19)12-2-4-13(20)5-3-12/h2-10H,1H3,(H,21,22). The van der Waals surface area contributed by atoms with Crippen molar-refractivity contribution in [2.75, 3.05) is 5.32 Å². The number of halogens is 1. The van der Waals surface area contributed by atoms with Gasteiger partial charge in [0.25, 0.3) is 0 Å². The number of hydrogen-bond acceptors (Lipinski definition) is 5. The topological polar surface area (TPSA) is 55.1 Å². The summed E-state index contributed by atoms with van der Waals surface area (Å²) in [7, 11) is 0. The molecule has 0 amide bonds. The largest absolute Gasteiger partial charge is 0.423 e. The zero-order chi connectivity index (χ0) is 17.4. The van der Waals surface area contributed by atoms with Gasteiger partial charge in [0.2, 0.25) is 0 Å². The maximum Gasteiger partial charge on any atom is 0.336 e. The molecule has 0 aliphatic heterocycles. The Morgan fingerprint density at radius 3 is 2.72 bits per heavy atom. The number of nitrogens with one attached hydrogen (secondary N) is 1. The van der Waals surface area contributed by atoms with Gasteiger partial charge in [-0.2, -0.15) is 0 Å². The number of anilines is 2. The van der Waals surface area contributed by atoms with E-state index in [-0.39, 0.29) is 5.63 Å². The third-order valence-electron chi connectivity index (χ3n) is 3.85. The van der Waals surface area contributed by atoms with Gasteiger partial charge in [0.05, 0.1) is 5.69 Å². The molecule has 0 atom stereocenters. The second kappa shape index (κ2) is 6.46. The minimum Gasteiger partial charge on any atom is -0.423 e. The molecule has 0 saturated heterocycles. The number of aromatic nitrogens is 1. The molecular formula is C19H13BrN2O2S. The quantitative estimate of drug-likeness (QED) is 0.436. The van der Waals surface area contributed by atoms with E-state index in [4.69, 9.17) is 4.42 Å². The van der Waals surface area contributed by atoms with Gasteiger partial charge in [-0.15, -0.1) is 11.3 Å². The van der Waals surface area contributed by atoms with Crippen LogP contribution in [0.4, 0.5) is 10.8 Å². The molecule has 2 aromatic heterocycles. The molecule has 6 heteroatoms. The van der Waals surface area contributed by atoms with Crippen molar-refractivity contribution >= 4 is 49.1 Å². The van der Waals surface area contributed by atoms with Crippen LogP contribution in [0.5, 0.6) is 0 Å². The Kier molecular flexibility index (Phi) is 4.15. The molecule has 2 heterocycles. The number of fused-ring (bicyclic) bond motifs is 1. The van der Waals surface area contributed by atoms with Crippen molar-refractivity contribution in [3.63, 3.8) is 0 Å². The molecule has 0 radical (unpaired) electrons. The summed E-state index contributed by atoms with van der Waals surface area (Å²) in [5.74, 6) is 0. The van der Waals surface area contributed by atoms with E-state index in [1.807, 2.05) is 54.8 Å². The van der Waals surface area contributed by atoms with Crippen molar-refractivity contribution < 1.29 is 4.42 Å². The van der Waals surface area contributed by atoms with Crippen molar-refractivity contribution in [2.24, 2.45) is 0 Å². The number of aryl methyl sites for hydroxylation is 1. The number of benzene rings is 2. The van der Waals surface area contributed by atoms with Crippen molar-refractivity contribution in [3.05, 3.63) is 74.4 Å². The molecule has 124 valence electrons. The molecule has 4 nitrogen and oxygen atoms in total. The van der Waals surface area contributed by atoms with Crippen LogP contribution in [0.3, 0.4) is 0 Å². The van der Waals surface area contributed by atoms with Crippen molar-refractivity contribution in [1.82, 2.24) is 4.98 Å². The van der Waals surface area contributed by atoms with Crippen LogP contribution in [-0.4, -0.2) is 4.98 Å². The second-order valence-corrected chi connectivity index (χ2v) is 7.40. The monoisotopic (exact) mass is 412 g/mol. The first-order valence-electron chi connectivity index (χ1n) is 7.61. The van der Waals surface area contributed by atoms with Crippen molar-refractivity contribution in [2.45, 2.75) is 6.92 Å². The van der Waals surface area contributed by atoms with Gasteiger partial charge in [-0.05, 0) is 36.8 Å². The van der Waals surface area contributed by atoms with E-state index in [2.05, 4.69) is 26.2 Å². The third kappa shape index (κ3) is 3.36. The van der Waals surface area contributed by atoms with E-state index in [1.165, 1.54) is 17.4 Å². The van der Waals surface area contributed by atoms with Gasteiger partial charge in [-0.3, -0.25) is 0 Å². The average Bonchev–Trinajstić information content (AvgIpc) is 3.03. The molecule has 4 rings (SSSR count). The van der Waals surface area contributed by atoms with Crippen LogP contribution in [0.25, 0.3) is 22.2 Å². The Morgan fingerprint density at radius 1 is 1.12 bits per heavy atom. The fraction of sp³-hybridized carbons (Fsp3) is 0.0526. The summed E-state index contributed by atoms with van der Waals surface area (Å²) in [6, 6.07) is 15.3. The Morgan fingerprint density at radius 2 is 1.92 bits per heavy atom. The minimum atomic E-state index is -0.339. The SMILES string of the molecule is Cc1cc(=O)oc2cc(Nc3nc(-c4ccc(Br)cc4)cs3)ccc12. The van der Waals surface area contributed by atoms with E-state index in [0.29, 0.717) is 5.58 Å². The van der Waals surface area contributed by atoms with Crippen molar-refractivity contribution in [3.8, 4) is 11.3 Å². The zero-order valence-electron chi connectivity index (χ0n) is 13.2. The predicted molar refractivity (Wildman–Crippen MR) is 106 cm³/mol. The average molecular weight is 413 g/mol. The normalized spacial score (nSPS) is 11.0. The molecule has 1 N–H and O–H groups in total. The highest BCUT2D eigenvalue weighted by Gasteiger charge is 2.07. The Balaban J connectivity index is 1.63. The van der Waals surface area contributed by atoms with E-state index in [9.17, 15) is 4.79 Å². The third-order valence-corrected chi connectivity index (χ3v) is 5.13. The number of hydrogen-bond donors (Lipinski definition) is 1. The summed E-state index contributed by atoms with van der Waals surface area (Å²) >= 11 is 4.96. The molecule has 2 aromatic carbocycles. The number of nitrogens with zero attached hydrogens (tertiary/aromatic N) is 1. The van der Waals surface area contributed by atoms with Crippen molar-refractivity contribution in [1.29, 1.82) is 0 Å².